The van der Waals surface area contributed by atoms with Crippen LogP contribution in [0.3, 0.4) is 0 Å². The van der Waals surface area contributed by atoms with E-state index in [4.69, 9.17) is 9.47 Å². The van der Waals surface area contributed by atoms with Gasteiger partial charge in [0, 0.05) is 6.54 Å². The molecular weight excluding hydrogens is 258 g/mol. The van der Waals surface area contributed by atoms with Gasteiger partial charge in [0.05, 0.1) is 19.4 Å². The van der Waals surface area contributed by atoms with Crippen molar-refractivity contribution < 1.29 is 19.4 Å². The second kappa shape index (κ2) is 5.71. The second-order valence-corrected chi connectivity index (χ2v) is 5.41. The molecule has 5 nitrogen and oxygen atoms in total. The molecule has 1 unspecified atom stereocenters. The van der Waals surface area contributed by atoms with Gasteiger partial charge in [0.1, 0.15) is 0 Å². The molecule has 0 fully saturated rings. The average molecular weight is 279 g/mol. The summed E-state index contributed by atoms with van der Waals surface area (Å²) in [5.74, 6) is 1.38. The van der Waals surface area contributed by atoms with Gasteiger partial charge in [-0.05, 0) is 30.5 Å². The molecule has 0 saturated heterocycles. The van der Waals surface area contributed by atoms with Crippen molar-refractivity contribution in [3.05, 3.63) is 17.7 Å². The summed E-state index contributed by atoms with van der Waals surface area (Å²) in [6, 6.07) is 3.51. The summed E-state index contributed by atoms with van der Waals surface area (Å²) in [5, 5.41) is 9.35. The first-order chi connectivity index (χ1) is 9.47. The van der Waals surface area contributed by atoms with Crippen LogP contribution in [0.2, 0.25) is 0 Å². The molecule has 0 bridgehead atoms. The van der Waals surface area contributed by atoms with Gasteiger partial charge < -0.3 is 19.5 Å². The standard InChI is InChI=1S/C15H21NO4/c1-9(2)7-16-12-5-11(8-17)6-13(19-4)14(12)20-10(3)15(16)18/h5-6,9-10,17H,7-8H2,1-4H3. The fraction of sp³-hybridized carbons (Fsp3) is 0.533. The van der Waals surface area contributed by atoms with Crippen LogP contribution in [0.4, 0.5) is 5.69 Å². The third kappa shape index (κ3) is 2.58. The minimum atomic E-state index is -0.532. The molecule has 2 rings (SSSR count). The maximum atomic E-state index is 12.3. The number of methoxy groups -OCH3 is 1. The van der Waals surface area contributed by atoms with Crippen molar-refractivity contribution in [2.75, 3.05) is 18.6 Å². The number of fused-ring (bicyclic) bond motifs is 1. The number of hydrogen-bond acceptors (Lipinski definition) is 4. The normalized spacial score (nSPS) is 18.0. The van der Waals surface area contributed by atoms with Gasteiger partial charge in [0.15, 0.2) is 17.6 Å². The highest BCUT2D eigenvalue weighted by Crippen LogP contribution is 2.43. The quantitative estimate of drug-likeness (QED) is 0.915. The summed E-state index contributed by atoms with van der Waals surface area (Å²) >= 11 is 0. The van der Waals surface area contributed by atoms with Crippen LogP contribution < -0.4 is 14.4 Å². The Morgan fingerprint density at radius 1 is 1.45 bits per heavy atom. The van der Waals surface area contributed by atoms with Gasteiger partial charge in [-0.15, -0.1) is 0 Å². The number of rotatable bonds is 4. The molecule has 0 aromatic heterocycles. The largest absolute Gasteiger partial charge is 0.493 e. The predicted octanol–water partition coefficient (Wildman–Crippen LogP) is 1.96. The smallest absolute Gasteiger partial charge is 0.267 e. The maximum Gasteiger partial charge on any atom is 0.267 e. The van der Waals surface area contributed by atoms with Gasteiger partial charge in [0.25, 0.3) is 5.91 Å². The van der Waals surface area contributed by atoms with Gasteiger partial charge in [-0.1, -0.05) is 13.8 Å². The molecule has 0 saturated carbocycles. The first kappa shape index (κ1) is 14.7. The number of benzene rings is 1. The lowest BCUT2D eigenvalue weighted by Crippen LogP contribution is -2.46. The van der Waals surface area contributed by atoms with Crippen LogP contribution in [0.15, 0.2) is 12.1 Å². The maximum absolute atomic E-state index is 12.3. The third-order valence-electron chi connectivity index (χ3n) is 3.24. The van der Waals surface area contributed by atoms with Crippen LogP contribution in [0.25, 0.3) is 0 Å². The van der Waals surface area contributed by atoms with Gasteiger partial charge in [-0.2, -0.15) is 0 Å². The third-order valence-corrected chi connectivity index (χ3v) is 3.24. The van der Waals surface area contributed by atoms with Crippen molar-refractivity contribution in [2.45, 2.75) is 33.5 Å². The van der Waals surface area contributed by atoms with Crippen molar-refractivity contribution >= 4 is 11.6 Å². The molecule has 1 aromatic carbocycles. The molecule has 1 amide bonds. The van der Waals surface area contributed by atoms with Crippen LogP contribution in [-0.2, 0) is 11.4 Å². The number of anilines is 1. The number of aliphatic hydroxyl groups excluding tert-OH is 1. The van der Waals surface area contributed by atoms with E-state index in [0.29, 0.717) is 35.2 Å². The Labute approximate surface area is 119 Å². The molecule has 0 spiro atoms. The summed E-state index contributed by atoms with van der Waals surface area (Å²) in [5.41, 5.74) is 1.37. The average Bonchev–Trinajstić information content (AvgIpc) is 2.42. The first-order valence-corrected chi connectivity index (χ1v) is 6.77. The zero-order chi connectivity index (χ0) is 14.9. The Hall–Kier alpha value is -1.75. The van der Waals surface area contributed by atoms with Crippen molar-refractivity contribution in [2.24, 2.45) is 5.92 Å². The second-order valence-electron chi connectivity index (χ2n) is 5.41. The number of amides is 1. The fourth-order valence-electron chi connectivity index (χ4n) is 2.32. The molecule has 0 radical (unpaired) electrons. The van der Waals surface area contributed by atoms with Crippen LogP contribution in [0, 0.1) is 5.92 Å². The van der Waals surface area contributed by atoms with Crippen LogP contribution >= 0.6 is 0 Å². The molecule has 1 aromatic rings. The topological polar surface area (TPSA) is 59.0 Å². The summed E-state index contributed by atoms with van der Waals surface area (Å²) in [7, 11) is 1.55. The molecule has 5 heteroatoms. The van der Waals surface area contributed by atoms with Gasteiger partial charge in [-0.25, -0.2) is 0 Å². The molecule has 0 aliphatic carbocycles. The fourth-order valence-corrected chi connectivity index (χ4v) is 2.32. The molecule has 20 heavy (non-hydrogen) atoms. The minimum absolute atomic E-state index is 0.0663. The summed E-state index contributed by atoms with van der Waals surface area (Å²) in [6.45, 7) is 6.35. The number of nitrogens with zero attached hydrogens (tertiary/aromatic N) is 1. The van der Waals surface area contributed by atoms with E-state index in [2.05, 4.69) is 13.8 Å². The van der Waals surface area contributed by atoms with Crippen molar-refractivity contribution in [1.82, 2.24) is 0 Å². The minimum Gasteiger partial charge on any atom is -0.493 e. The number of carbonyl (C=O) groups excluding carboxylic acids is 1. The van der Waals surface area contributed by atoms with Gasteiger partial charge >= 0.3 is 0 Å². The molecule has 1 aliphatic heterocycles. The zero-order valence-corrected chi connectivity index (χ0v) is 12.3. The first-order valence-electron chi connectivity index (χ1n) is 6.77. The molecule has 1 atom stereocenters. The van der Waals surface area contributed by atoms with Crippen LogP contribution in [-0.4, -0.2) is 30.8 Å². The number of carbonyl (C=O) groups is 1. The molecule has 1 N–H and O–H groups in total. The van der Waals surface area contributed by atoms with E-state index < -0.39 is 6.10 Å². The monoisotopic (exact) mass is 279 g/mol. The van der Waals surface area contributed by atoms with Crippen molar-refractivity contribution in [3.63, 3.8) is 0 Å². The van der Waals surface area contributed by atoms with Gasteiger partial charge in [-0.3, -0.25) is 4.79 Å². The Kier molecular flexibility index (Phi) is 4.18. The van der Waals surface area contributed by atoms with Crippen molar-refractivity contribution in [1.29, 1.82) is 0 Å². The lowest BCUT2D eigenvalue weighted by Gasteiger charge is -2.35. The van der Waals surface area contributed by atoms with E-state index in [1.807, 2.05) is 0 Å². The number of aliphatic hydroxyl groups is 1. The molecule has 110 valence electrons. The highest BCUT2D eigenvalue weighted by Gasteiger charge is 2.34. The van der Waals surface area contributed by atoms with Crippen molar-refractivity contribution in [3.8, 4) is 11.5 Å². The highest BCUT2D eigenvalue weighted by atomic mass is 16.5. The van der Waals surface area contributed by atoms with E-state index in [1.54, 1.807) is 31.1 Å². The summed E-state index contributed by atoms with van der Waals surface area (Å²) < 4.78 is 11.0. The summed E-state index contributed by atoms with van der Waals surface area (Å²) in [4.78, 5) is 14.0. The Morgan fingerprint density at radius 3 is 2.70 bits per heavy atom. The number of hydrogen-bond donors (Lipinski definition) is 1. The number of ether oxygens (including phenoxy) is 2. The van der Waals surface area contributed by atoms with Gasteiger partial charge in [0.2, 0.25) is 0 Å². The van der Waals surface area contributed by atoms with E-state index in [1.165, 1.54) is 0 Å². The zero-order valence-electron chi connectivity index (χ0n) is 12.3. The molecule has 1 heterocycles. The Morgan fingerprint density at radius 2 is 2.15 bits per heavy atom. The van der Waals surface area contributed by atoms with E-state index in [9.17, 15) is 9.90 Å². The van der Waals surface area contributed by atoms with E-state index in [0.717, 1.165) is 0 Å². The molecule has 1 aliphatic rings. The molecular formula is C15H21NO4. The predicted molar refractivity (Wildman–Crippen MR) is 76.2 cm³/mol. The van der Waals surface area contributed by atoms with Crippen LogP contribution in [0.5, 0.6) is 11.5 Å². The van der Waals surface area contributed by atoms with E-state index in [-0.39, 0.29) is 12.5 Å². The van der Waals surface area contributed by atoms with Crippen LogP contribution in [0.1, 0.15) is 26.3 Å². The lowest BCUT2D eigenvalue weighted by atomic mass is 10.1. The Bertz CT molecular complexity index is 513. The lowest BCUT2D eigenvalue weighted by molar-refractivity contribution is -0.125. The Balaban J connectivity index is 2.55. The van der Waals surface area contributed by atoms with E-state index >= 15 is 0 Å². The SMILES string of the molecule is COc1cc(CO)cc2c1OC(C)C(=O)N2CC(C)C. The summed E-state index contributed by atoms with van der Waals surface area (Å²) in [6.07, 6.45) is -0.532. The highest BCUT2D eigenvalue weighted by molar-refractivity contribution is 6.00.